The fourth-order valence-corrected chi connectivity index (χ4v) is 2.00. The Bertz CT molecular complexity index is 914. The lowest BCUT2D eigenvalue weighted by Gasteiger charge is -2.03. The smallest absolute Gasteiger partial charge is 0.250 e. The number of phenolic OH excluding ortho intramolecular Hbond substituents is 2. The molecule has 27 heavy (non-hydrogen) atoms. The third-order valence-electron chi connectivity index (χ3n) is 3.26. The van der Waals surface area contributed by atoms with Crippen molar-refractivity contribution in [2.45, 2.75) is 0 Å². The number of hydrazone groups is 2. The largest absolute Gasteiger partial charge is 0.507 e. The third-order valence-corrected chi connectivity index (χ3v) is 3.26. The highest BCUT2D eigenvalue weighted by molar-refractivity contribution is 5.84. The Morgan fingerprint density at radius 3 is 1.63 bits per heavy atom. The van der Waals surface area contributed by atoms with Crippen molar-refractivity contribution >= 4 is 30.3 Å². The van der Waals surface area contributed by atoms with Gasteiger partial charge in [-0.2, -0.15) is 25.2 Å². The first-order valence-electron chi connectivity index (χ1n) is 7.77. The Kier molecular flexibility index (Phi) is 5.38. The van der Waals surface area contributed by atoms with Gasteiger partial charge in [-0.15, -0.1) is 0 Å². The lowest BCUT2D eigenvalue weighted by Crippen LogP contribution is -2.06. The molecule has 0 radical (unpaired) electrons. The van der Waals surface area contributed by atoms with Crippen LogP contribution in [0.3, 0.4) is 0 Å². The molecule has 3 aromatic rings. The summed E-state index contributed by atoms with van der Waals surface area (Å²) < 4.78 is 0. The van der Waals surface area contributed by atoms with Crippen LogP contribution >= 0.6 is 0 Å². The van der Waals surface area contributed by atoms with Gasteiger partial charge in [-0.05, 0) is 24.3 Å². The quantitative estimate of drug-likeness (QED) is 0.327. The molecule has 0 saturated heterocycles. The first kappa shape index (κ1) is 17.6. The second-order valence-electron chi connectivity index (χ2n) is 5.20. The minimum atomic E-state index is -0.0366. The van der Waals surface area contributed by atoms with E-state index in [4.69, 9.17) is 5.73 Å². The highest BCUT2D eigenvalue weighted by atomic mass is 16.3. The first-order valence-corrected chi connectivity index (χ1v) is 7.77. The molecule has 0 spiro atoms. The maximum atomic E-state index is 9.68. The molecule has 6 N–H and O–H groups in total. The molecule has 0 aliphatic carbocycles. The molecule has 0 unspecified atom stereocenters. The maximum Gasteiger partial charge on any atom is 0.250 e. The summed E-state index contributed by atoms with van der Waals surface area (Å²) in [6.07, 6.45) is 2.83. The van der Waals surface area contributed by atoms with Crippen LogP contribution < -0.4 is 16.6 Å². The monoisotopic (exact) mass is 364 g/mol. The Morgan fingerprint density at radius 2 is 1.19 bits per heavy atom. The van der Waals surface area contributed by atoms with Crippen molar-refractivity contribution < 1.29 is 10.2 Å². The normalized spacial score (nSPS) is 11.1. The van der Waals surface area contributed by atoms with Gasteiger partial charge >= 0.3 is 0 Å². The van der Waals surface area contributed by atoms with E-state index in [2.05, 4.69) is 36.0 Å². The van der Waals surface area contributed by atoms with Gasteiger partial charge in [0.2, 0.25) is 17.8 Å². The molecule has 3 rings (SSSR count). The second-order valence-corrected chi connectivity index (χ2v) is 5.20. The van der Waals surface area contributed by atoms with Crippen LogP contribution in [0.1, 0.15) is 11.1 Å². The predicted molar refractivity (Wildman–Crippen MR) is 103 cm³/mol. The summed E-state index contributed by atoms with van der Waals surface area (Å²) in [5.41, 5.74) is 11.9. The van der Waals surface area contributed by atoms with Crippen molar-refractivity contribution in [1.29, 1.82) is 0 Å². The van der Waals surface area contributed by atoms with Crippen LogP contribution in [0.15, 0.2) is 58.7 Å². The molecule has 0 amide bonds. The molecule has 1 heterocycles. The van der Waals surface area contributed by atoms with E-state index in [1.54, 1.807) is 48.5 Å². The zero-order chi connectivity index (χ0) is 19.1. The number of benzene rings is 2. The summed E-state index contributed by atoms with van der Waals surface area (Å²) in [5, 5.41) is 27.3. The lowest BCUT2D eigenvalue weighted by atomic mass is 10.2. The standard InChI is InChI=1S/C17H16N8O2/c18-15-21-16(24-19-9-11-5-1-3-7-13(11)26)23-17(22-15)25-20-10-12-6-2-4-8-14(12)27/h1-10,26-27H,(H4,18,21,22,23,24,25). The summed E-state index contributed by atoms with van der Waals surface area (Å²) in [4.78, 5) is 11.9. The Morgan fingerprint density at radius 1 is 0.741 bits per heavy atom. The topological polar surface area (TPSA) is 154 Å². The molecule has 2 aromatic carbocycles. The fourth-order valence-electron chi connectivity index (χ4n) is 2.00. The number of aromatic hydroxyl groups is 2. The number of nitrogens with two attached hydrogens (primary N) is 1. The van der Waals surface area contributed by atoms with Gasteiger partial charge in [-0.1, -0.05) is 24.3 Å². The predicted octanol–water partition coefficient (Wildman–Crippen LogP) is 1.76. The summed E-state index contributed by atoms with van der Waals surface area (Å²) in [6, 6.07) is 13.5. The van der Waals surface area contributed by atoms with Crippen molar-refractivity contribution in [2.24, 2.45) is 10.2 Å². The van der Waals surface area contributed by atoms with E-state index in [9.17, 15) is 10.2 Å². The molecule has 10 heteroatoms. The van der Waals surface area contributed by atoms with Crippen LogP contribution in [0.4, 0.5) is 17.8 Å². The van der Waals surface area contributed by atoms with Gasteiger partial charge in [0.05, 0.1) is 12.4 Å². The summed E-state index contributed by atoms with van der Waals surface area (Å²) >= 11 is 0. The van der Waals surface area contributed by atoms with Crippen LogP contribution in [0.2, 0.25) is 0 Å². The molecule has 136 valence electrons. The zero-order valence-electron chi connectivity index (χ0n) is 14.0. The second kappa shape index (κ2) is 8.25. The van der Waals surface area contributed by atoms with E-state index < -0.39 is 0 Å². The van der Waals surface area contributed by atoms with E-state index in [1.807, 2.05) is 0 Å². The van der Waals surface area contributed by atoms with Gasteiger partial charge in [-0.25, -0.2) is 10.9 Å². The van der Waals surface area contributed by atoms with E-state index >= 15 is 0 Å². The van der Waals surface area contributed by atoms with Gasteiger partial charge in [0.25, 0.3) is 0 Å². The number of rotatable bonds is 6. The van der Waals surface area contributed by atoms with Crippen LogP contribution in [0.5, 0.6) is 11.5 Å². The van der Waals surface area contributed by atoms with Crippen molar-refractivity contribution in [3.8, 4) is 11.5 Å². The summed E-state index contributed by atoms with van der Waals surface area (Å²) in [7, 11) is 0. The third kappa shape index (κ3) is 4.89. The van der Waals surface area contributed by atoms with Crippen molar-refractivity contribution in [3.05, 3.63) is 59.7 Å². The van der Waals surface area contributed by atoms with Gasteiger partial charge in [0, 0.05) is 11.1 Å². The molecule has 0 fully saturated rings. The van der Waals surface area contributed by atoms with Gasteiger partial charge in [0.1, 0.15) is 11.5 Å². The van der Waals surface area contributed by atoms with E-state index in [0.717, 1.165) is 0 Å². The average molecular weight is 364 g/mol. The molecule has 0 atom stereocenters. The fraction of sp³-hybridized carbons (Fsp3) is 0. The number of aromatic nitrogens is 3. The number of hydrogen-bond donors (Lipinski definition) is 5. The molecule has 0 bridgehead atoms. The number of para-hydroxylation sites is 2. The van der Waals surface area contributed by atoms with Crippen LogP contribution in [-0.4, -0.2) is 37.6 Å². The van der Waals surface area contributed by atoms with Crippen LogP contribution in [0.25, 0.3) is 0 Å². The molecule has 1 aromatic heterocycles. The van der Waals surface area contributed by atoms with Gasteiger partial charge in [-0.3, -0.25) is 0 Å². The highest BCUT2D eigenvalue weighted by Crippen LogP contribution is 2.14. The van der Waals surface area contributed by atoms with Gasteiger partial charge in [0.15, 0.2) is 0 Å². The summed E-state index contributed by atoms with van der Waals surface area (Å²) in [5.74, 6) is 0.340. The minimum Gasteiger partial charge on any atom is -0.507 e. The van der Waals surface area contributed by atoms with E-state index in [1.165, 1.54) is 12.4 Å². The Balaban J connectivity index is 1.67. The van der Waals surface area contributed by atoms with Crippen LogP contribution in [0, 0.1) is 0 Å². The zero-order valence-corrected chi connectivity index (χ0v) is 14.0. The summed E-state index contributed by atoms with van der Waals surface area (Å²) in [6.45, 7) is 0. The molecular weight excluding hydrogens is 348 g/mol. The lowest BCUT2D eigenvalue weighted by molar-refractivity contribution is 0.474. The molecule has 10 nitrogen and oxygen atoms in total. The van der Waals surface area contributed by atoms with Crippen molar-refractivity contribution in [2.75, 3.05) is 16.6 Å². The Labute approximate surface area is 154 Å². The van der Waals surface area contributed by atoms with Crippen molar-refractivity contribution in [1.82, 2.24) is 15.0 Å². The van der Waals surface area contributed by atoms with E-state index in [-0.39, 0.29) is 29.3 Å². The SMILES string of the molecule is Nc1nc(NN=Cc2ccccc2O)nc(NN=Cc2ccccc2O)n1. The molecule has 0 aliphatic rings. The number of nitrogens with zero attached hydrogens (tertiary/aromatic N) is 5. The first-order chi connectivity index (χ1) is 13.1. The highest BCUT2D eigenvalue weighted by Gasteiger charge is 2.03. The van der Waals surface area contributed by atoms with Gasteiger partial charge < -0.3 is 15.9 Å². The molecular formula is C17H16N8O2. The number of nitrogens with one attached hydrogen (secondary N) is 2. The average Bonchev–Trinajstić information content (AvgIpc) is 2.64. The number of phenols is 2. The van der Waals surface area contributed by atoms with Crippen LogP contribution in [-0.2, 0) is 0 Å². The number of hydrogen-bond acceptors (Lipinski definition) is 10. The van der Waals surface area contributed by atoms with E-state index in [0.29, 0.717) is 11.1 Å². The molecule has 0 aliphatic heterocycles. The minimum absolute atomic E-state index is 0.0366. The number of anilines is 3. The Hall–Kier alpha value is -4.21. The van der Waals surface area contributed by atoms with Crippen molar-refractivity contribution in [3.63, 3.8) is 0 Å². The number of nitrogen functional groups attached to an aromatic ring is 1. The molecule has 0 saturated carbocycles. The maximum absolute atomic E-state index is 9.68.